The van der Waals surface area contributed by atoms with E-state index in [0.29, 0.717) is 42.5 Å². The summed E-state index contributed by atoms with van der Waals surface area (Å²) in [6.07, 6.45) is -12.1. The third-order valence-corrected chi connectivity index (χ3v) is 10.9. The minimum atomic E-state index is -4.02. The molecule has 3 heterocycles. The Labute approximate surface area is 374 Å². The molecule has 0 saturated carbocycles. The second kappa shape index (κ2) is 15.9. The number of ketones is 1. The van der Waals surface area contributed by atoms with E-state index in [0.717, 1.165) is 0 Å². The fourth-order valence-corrected chi connectivity index (χ4v) is 7.60. The maximum atomic E-state index is 14.5. The van der Waals surface area contributed by atoms with E-state index >= 15 is 0 Å². The number of carbonyl (C=O) groups excluding carboxylic acids is 6. The molecule has 68 heavy (non-hydrogen) atoms. The Morgan fingerprint density at radius 3 is 1.54 bits per heavy atom. The van der Waals surface area contributed by atoms with Crippen molar-refractivity contribution in [2.75, 3.05) is 6.61 Å². The Balaban J connectivity index is 1.32. The molecule has 0 spiro atoms. The van der Waals surface area contributed by atoms with Gasteiger partial charge in [-0.1, -0.05) is 0 Å². The quantitative estimate of drug-likeness (QED) is 0.0453. The first-order valence-electron chi connectivity index (χ1n) is 19.0. The summed E-state index contributed by atoms with van der Waals surface area (Å²) in [5.74, 6) is -34.0. The highest BCUT2D eigenvalue weighted by atomic mass is 16.8. The molecule has 356 valence electrons. The van der Waals surface area contributed by atoms with E-state index in [-0.39, 0.29) is 6.08 Å². The topological polar surface area (TPSA) is 450 Å². The van der Waals surface area contributed by atoms with E-state index in [1.807, 2.05) is 0 Å². The number of ether oxygens (including phenoxy) is 7. The van der Waals surface area contributed by atoms with E-state index < -0.39 is 193 Å². The van der Waals surface area contributed by atoms with Gasteiger partial charge in [0.1, 0.15) is 12.7 Å². The molecule has 1 saturated heterocycles. The third kappa shape index (κ3) is 7.18. The summed E-state index contributed by atoms with van der Waals surface area (Å²) in [6.45, 7) is -1.28. The van der Waals surface area contributed by atoms with Gasteiger partial charge in [0, 0.05) is 5.56 Å². The molecular weight excluding hydrogens is 924 g/mol. The molecule has 0 radical (unpaired) electrons. The van der Waals surface area contributed by atoms with Crippen LogP contribution in [0.4, 0.5) is 0 Å². The van der Waals surface area contributed by atoms with Crippen molar-refractivity contribution in [3.8, 4) is 69.0 Å². The number of aromatic hydroxyl groups is 11. The Bertz CT molecular complexity index is 2870. The van der Waals surface area contributed by atoms with Crippen molar-refractivity contribution < 1.29 is 133 Å². The first-order chi connectivity index (χ1) is 31.8. The van der Waals surface area contributed by atoms with Gasteiger partial charge in [-0.05, 0) is 48.5 Å². The van der Waals surface area contributed by atoms with Crippen LogP contribution in [0.3, 0.4) is 0 Å². The number of rotatable bonds is 7. The lowest BCUT2D eigenvalue weighted by molar-refractivity contribution is -0.323. The lowest BCUT2D eigenvalue weighted by Gasteiger charge is -2.44. The molecule has 2 bridgehead atoms. The number of esters is 5. The number of benzene rings is 4. The van der Waals surface area contributed by atoms with Gasteiger partial charge in [-0.15, -0.1) is 0 Å². The molecule has 4 aromatic carbocycles. The Morgan fingerprint density at radius 2 is 1.03 bits per heavy atom. The van der Waals surface area contributed by atoms with Crippen LogP contribution in [0.15, 0.2) is 54.1 Å². The van der Waals surface area contributed by atoms with Crippen molar-refractivity contribution in [3.63, 3.8) is 0 Å². The fourth-order valence-electron chi connectivity index (χ4n) is 7.60. The van der Waals surface area contributed by atoms with Crippen molar-refractivity contribution >= 4 is 35.6 Å². The smallest absolute Gasteiger partial charge is 0.340 e. The monoisotopic (exact) mass is 954 g/mol. The van der Waals surface area contributed by atoms with E-state index in [1.165, 1.54) is 0 Å². The van der Waals surface area contributed by atoms with Crippen LogP contribution < -0.4 is 4.74 Å². The van der Waals surface area contributed by atoms with Crippen LogP contribution in [0.5, 0.6) is 69.0 Å². The van der Waals surface area contributed by atoms with Gasteiger partial charge in [-0.3, -0.25) is 4.79 Å². The second-order valence-electron chi connectivity index (χ2n) is 15.1. The van der Waals surface area contributed by atoms with Crippen LogP contribution >= 0.6 is 0 Å². The molecule has 3 aliphatic heterocycles. The molecular formula is C41H30O27. The lowest BCUT2D eigenvalue weighted by atomic mass is 9.74. The molecule has 27 heteroatoms. The normalized spacial score (nSPS) is 24.5. The van der Waals surface area contributed by atoms with Gasteiger partial charge in [0.15, 0.2) is 75.5 Å². The van der Waals surface area contributed by atoms with Crippen molar-refractivity contribution in [1.29, 1.82) is 0 Å². The van der Waals surface area contributed by atoms with Crippen molar-refractivity contribution in [2.24, 2.45) is 0 Å². The minimum Gasteiger partial charge on any atom is -0.504 e. The van der Waals surface area contributed by atoms with Crippen LogP contribution in [-0.2, 0) is 38.0 Å². The van der Waals surface area contributed by atoms with Crippen molar-refractivity contribution in [3.05, 3.63) is 81.9 Å². The molecule has 14 N–H and O–H groups in total. The first-order valence-corrected chi connectivity index (χ1v) is 19.0. The average Bonchev–Trinajstić information content (AvgIpc) is 3.60. The molecule has 7 atom stereocenters. The lowest BCUT2D eigenvalue weighted by Crippen LogP contribution is -2.66. The van der Waals surface area contributed by atoms with Crippen LogP contribution in [0.2, 0.25) is 0 Å². The summed E-state index contributed by atoms with van der Waals surface area (Å²) in [5, 5.41) is 145. The number of fused-ring (bicyclic) bond motifs is 2. The Kier molecular flexibility index (Phi) is 10.7. The third-order valence-electron chi connectivity index (χ3n) is 10.9. The summed E-state index contributed by atoms with van der Waals surface area (Å²) in [7, 11) is 0. The van der Waals surface area contributed by atoms with Crippen molar-refractivity contribution in [1.82, 2.24) is 0 Å². The molecule has 1 unspecified atom stereocenters. The molecule has 1 fully saturated rings. The number of carbonyl (C=O) groups is 6. The van der Waals surface area contributed by atoms with Gasteiger partial charge in [-0.2, -0.15) is 0 Å². The second-order valence-corrected chi connectivity index (χ2v) is 15.1. The molecule has 0 aromatic heterocycles. The molecule has 4 aliphatic rings. The first kappa shape index (κ1) is 45.6. The maximum absolute atomic E-state index is 14.5. The summed E-state index contributed by atoms with van der Waals surface area (Å²) in [6, 6.07) is 3.85. The molecule has 1 aliphatic carbocycles. The number of hydrogen-bond acceptors (Lipinski definition) is 27. The maximum Gasteiger partial charge on any atom is 0.340 e. The van der Waals surface area contributed by atoms with E-state index in [1.54, 1.807) is 0 Å². The molecule has 0 amide bonds. The van der Waals surface area contributed by atoms with E-state index in [4.69, 9.17) is 33.2 Å². The molecule has 8 rings (SSSR count). The van der Waals surface area contributed by atoms with Gasteiger partial charge in [0.25, 0.3) is 11.6 Å². The van der Waals surface area contributed by atoms with Gasteiger partial charge in [-0.25, -0.2) is 24.0 Å². The predicted octanol–water partition coefficient (Wildman–Crippen LogP) is -1.08. The zero-order chi connectivity index (χ0) is 49.6. The van der Waals surface area contributed by atoms with Crippen LogP contribution in [0, 0.1) is 0 Å². The minimum absolute atomic E-state index is 0.201. The number of aliphatic hydroxyl groups is 3. The summed E-state index contributed by atoms with van der Waals surface area (Å²) in [5.41, 5.74) is -5.34. The zero-order valence-electron chi connectivity index (χ0n) is 33.4. The fraction of sp³-hybridized carbons (Fsp3) is 0.220. The van der Waals surface area contributed by atoms with Gasteiger partial charge < -0.3 is 105 Å². The Morgan fingerprint density at radius 1 is 0.574 bits per heavy atom. The zero-order valence-corrected chi connectivity index (χ0v) is 33.4. The van der Waals surface area contributed by atoms with Gasteiger partial charge in [0.2, 0.25) is 23.9 Å². The van der Waals surface area contributed by atoms with E-state index in [2.05, 4.69) is 0 Å². The van der Waals surface area contributed by atoms with Gasteiger partial charge >= 0.3 is 29.8 Å². The summed E-state index contributed by atoms with van der Waals surface area (Å²) in [4.78, 5) is 83.3. The molecule has 27 nitrogen and oxygen atoms in total. The largest absolute Gasteiger partial charge is 0.504 e. The highest BCUT2D eigenvalue weighted by Crippen LogP contribution is 2.60. The predicted molar refractivity (Wildman–Crippen MR) is 205 cm³/mol. The van der Waals surface area contributed by atoms with Crippen LogP contribution in [0.25, 0.3) is 0 Å². The summed E-state index contributed by atoms with van der Waals surface area (Å²) < 4.78 is 38.8. The highest BCUT2D eigenvalue weighted by molar-refractivity contribution is 6.08. The summed E-state index contributed by atoms with van der Waals surface area (Å²) >= 11 is 0. The van der Waals surface area contributed by atoms with Crippen LogP contribution in [-0.4, -0.2) is 156 Å². The average molecular weight is 955 g/mol. The number of hydrogen-bond donors (Lipinski definition) is 14. The van der Waals surface area contributed by atoms with Crippen molar-refractivity contribution in [2.45, 2.75) is 48.2 Å². The standard InChI is InChI=1S/C41H30O27/c42-15-1-10(2-16(43)26(15)50)34(54)62-9-22-30-32(65-35(55)11-3-17(44)27(51)18(45)4-11)33(39(63-22)67-36(56)12-5-19(46)28(52)20(47)6-12)66-37(57)13-7-21(48)29(53)31-24(13)25-14(38(58)64-30)8-23(49)40(59,60)41(25,61)68-31/h1-8,22,25,30,32-33,39,42-48,50-53,59-61H,9H2/t22-,25+,30-,32+,33-,39+,41?/m1/s1. The Hall–Kier alpha value is -8.92. The van der Waals surface area contributed by atoms with E-state index in [9.17, 15) is 100 Å². The highest BCUT2D eigenvalue weighted by Gasteiger charge is 2.70. The molecule has 4 aromatic rings. The number of phenols is 11. The number of phenolic OH excluding ortho intramolecular Hbond substituents is 11. The SMILES string of the molecule is O=C1O[C@H]2[C@H](OC(=O)c3cc(O)c(O)c(O)c3)[C@@H](OC(=O)c3cc(O)c(O)c4c3[C@@H]3C1=CC(=O)C(O)(O)C3(O)O4)[C@H](OC(=O)c1cc(O)c(O)c(O)c1)O[C@@H]2COC(=O)c1cc(O)c(O)c(O)c1. The van der Waals surface area contributed by atoms with Crippen LogP contribution in [0.1, 0.15) is 52.9 Å². The van der Waals surface area contributed by atoms with Gasteiger partial charge in [0.05, 0.1) is 33.7 Å².